The van der Waals surface area contributed by atoms with E-state index < -0.39 is 5.60 Å². The van der Waals surface area contributed by atoms with Crippen molar-refractivity contribution in [2.24, 2.45) is 0 Å². The highest BCUT2D eigenvalue weighted by atomic mass is 35.5. The number of pyridine rings is 2. The van der Waals surface area contributed by atoms with Crippen LogP contribution >= 0.6 is 11.6 Å². The van der Waals surface area contributed by atoms with Gasteiger partial charge in [-0.15, -0.1) is 0 Å². The molecule has 0 aliphatic heterocycles. The van der Waals surface area contributed by atoms with E-state index in [0.717, 1.165) is 33.4 Å². The number of anilines is 1. The summed E-state index contributed by atoms with van der Waals surface area (Å²) in [6.07, 6.45) is 6.85. The van der Waals surface area contributed by atoms with E-state index >= 15 is 0 Å². The number of hydrogen-bond donors (Lipinski definition) is 2. The second-order valence-corrected chi connectivity index (χ2v) is 8.10. The normalized spacial score (nSPS) is 12.7. The topological polar surface area (TPSA) is 83.8 Å². The van der Waals surface area contributed by atoms with Gasteiger partial charge in [0.2, 0.25) is 0 Å². The van der Waals surface area contributed by atoms with Crippen LogP contribution in [0.2, 0.25) is 5.02 Å². The van der Waals surface area contributed by atoms with E-state index in [1.807, 2.05) is 43.3 Å². The molecular formula is C23H22ClN5O. The fourth-order valence-corrected chi connectivity index (χ4v) is 3.42. The highest BCUT2D eigenvalue weighted by molar-refractivity contribution is 6.34. The molecule has 0 bridgehead atoms. The number of aromatic nitrogens is 4. The Morgan fingerprint density at radius 1 is 0.967 bits per heavy atom. The third-order valence-electron chi connectivity index (χ3n) is 4.85. The number of halogens is 1. The minimum Gasteiger partial charge on any atom is -0.382 e. The van der Waals surface area contributed by atoms with Crippen molar-refractivity contribution in [3.63, 3.8) is 0 Å². The summed E-state index contributed by atoms with van der Waals surface area (Å²) in [6.45, 7) is 5.36. The van der Waals surface area contributed by atoms with Crippen LogP contribution in [-0.4, -0.2) is 25.0 Å². The van der Waals surface area contributed by atoms with E-state index in [9.17, 15) is 5.11 Å². The molecule has 0 saturated heterocycles. The van der Waals surface area contributed by atoms with Crippen LogP contribution in [0.4, 0.5) is 5.69 Å². The summed E-state index contributed by atoms with van der Waals surface area (Å²) in [6, 6.07) is 11.7. The Hall–Kier alpha value is -3.09. The largest absolute Gasteiger partial charge is 0.382 e. The predicted molar refractivity (Wildman–Crippen MR) is 119 cm³/mol. The number of nitrogens with one attached hydrogen (secondary N) is 1. The Balaban J connectivity index is 1.74. The highest BCUT2D eigenvalue weighted by Crippen LogP contribution is 2.34. The van der Waals surface area contributed by atoms with E-state index in [1.54, 1.807) is 38.6 Å². The maximum absolute atomic E-state index is 10.1. The van der Waals surface area contributed by atoms with Crippen molar-refractivity contribution in [1.82, 2.24) is 19.9 Å². The zero-order chi connectivity index (χ0) is 21.3. The van der Waals surface area contributed by atoms with Gasteiger partial charge in [0.25, 0.3) is 0 Å². The summed E-state index contributed by atoms with van der Waals surface area (Å²) in [4.78, 5) is 17.5. The second-order valence-electron chi connectivity index (χ2n) is 7.69. The number of nitrogens with zero attached hydrogens (tertiary/aromatic N) is 4. The minimum atomic E-state index is -1.09. The van der Waals surface area contributed by atoms with E-state index in [-0.39, 0.29) is 6.04 Å². The fourth-order valence-electron chi connectivity index (χ4n) is 3.21. The lowest BCUT2D eigenvalue weighted by atomic mass is 10.0. The molecule has 3 aromatic heterocycles. The first-order valence-electron chi connectivity index (χ1n) is 9.64. The van der Waals surface area contributed by atoms with E-state index in [0.29, 0.717) is 10.8 Å². The Labute approximate surface area is 180 Å². The van der Waals surface area contributed by atoms with Crippen LogP contribution in [0.3, 0.4) is 0 Å². The van der Waals surface area contributed by atoms with Crippen molar-refractivity contribution in [2.75, 3.05) is 5.32 Å². The Morgan fingerprint density at radius 3 is 2.40 bits per heavy atom. The van der Waals surface area contributed by atoms with Gasteiger partial charge in [-0.3, -0.25) is 9.97 Å². The molecule has 0 fully saturated rings. The van der Waals surface area contributed by atoms with Gasteiger partial charge in [0, 0.05) is 35.7 Å². The Bertz CT molecular complexity index is 1170. The lowest BCUT2D eigenvalue weighted by Gasteiger charge is -2.18. The predicted octanol–water partition coefficient (Wildman–Crippen LogP) is 5.14. The van der Waals surface area contributed by atoms with Crippen LogP contribution < -0.4 is 5.32 Å². The average molecular weight is 420 g/mol. The third kappa shape index (κ3) is 4.10. The van der Waals surface area contributed by atoms with Crippen molar-refractivity contribution in [3.8, 4) is 11.1 Å². The molecule has 4 aromatic rings. The van der Waals surface area contributed by atoms with Crippen LogP contribution in [0.5, 0.6) is 0 Å². The van der Waals surface area contributed by atoms with Gasteiger partial charge in [-0.2, -0.15) is 0 Å². The lowest BCUT2D eigenvalue weighted by Crippen LogP contribution is -2.19. The lowest BCUT2D eigenvalue weighted by molar-refractivity contribution is 0.0687. The zero-order valence-electron chi connectivity index (χ0n) is 17.0. The minimum absolute atomic E-state index is 0.0349. The SMILES string of the molecule is CC(Nc1c(Cl)cnc2ccc(-c3cnc(C(C)(C)O)nc3)cc12)c1ccccn1. The molecule has 1 unspecified atom stereocenters. The fraction of sp³-hybridized carbons (Fsp3) is 0.217. The molecule has 0 amide bonds. The van der Waals surface area contributed by atoms with E-state index in [4.69, 9.17) is 11.6 Å². The number of fused-ring (bicyclic) bond motifs is 1. The maximum atomic E-state index is 10.1. The molecule has 4 rings (SSSR count). The molecule has 0 radical (unpaired) electrons. The first-order valence-corrected chi connectivity index (χ1v) is 10.0. The van der Waals surface area contributed by atoms with Gasteiger partial charge in [0.05, 0.1) is 28.0 Å². The summed E-state index contributed by atoms with van der Waals surface area (Å²) in [5.41, 5.74) is 3.24. The first kappa shape index (κ1) is 20.2. The summed E-state index contributed by atoms with van der Waals surface area (Å²) < 4.78 is 0. The molecular weight excluding hydrogens is 398 g/mol. The van der Waals surface area contributed by atoms with Gasteiger partial charge in [-0.05, 0) is 50.6 Å². The van der Waals surface area contributed by atoms with Crippen LogP contribution in [0.25, 0.3) is 22.0 Å². The summed E-state index contributed by atoms with van der Waals surface area (Å²) in [5.74, 6) is 0.378. The van der Waals surface area contributed by atoms with Gasteiger partial charge in [0.15, 0.2) is 5.82 Å². The number of benzene rings is 1. The highest BCUT2D eigenvalue weighted by Gasteiger charge is 2.19. The molecule has 7 heteroatoms. The Kier molecular flexibility index (Phi) is 5.37. The molecule has 1 aromatic carbocycles. The third-order valence-corrected chi connectivity index (χ3v) is 5.13. The van der Waals surface area contributed by atoms with E-state index in [1.165, 1.54) is 0 Å². The van der Waals surface area contributed by atoms with Crippen molar-refractivity contribution in [1.29, 1.82) is 0 Å². The van der Waals surface area contributed by atoms with Crippen molar-refractivity contribution in [2.45, 2.75) is 32.4 Å². The summed E-state index contributed by atoms with van der Waals surface area (Å²) >= 11 is 6.51. The van der Waals surface area contributed by atoms with Crippen LogP contribution in [0.1, 0.15) is 38.3 Å². The van der Waals surface area contributed by atoms with Crippen molar-refractivity contribution >= 4 is 28.2 Å². The first-order chi connectivity index (χ1) is 14.3. The van der Waals surface area contributed by atoms with Gasteiger partial charge in [0.1, 0.15) is 5.60 Å². The van der Waals surface area contributed by atoms with Gasteiger partial charge < -0.3 is 10.4 Å². The zero-order valence-corrected chi connectivity index (χ0v) is 17.7. The quantitative estimate of drug-likeness (QED) is 0.466. The average Bonchev–Trinajstić information content (AvgIpc) is 2.75. The monoisotopic (exact) mass is 419 g/mol. The molecule has 6 nitrogen and oxygen atoms in total. The van der Waals surface area contributed by atoms with Gasteiger partial charge in [-0.1, -0.05) is 23.7 Å². The molecule has 0 aliphatic rings. The van der Waals surface area contributed by atoms with Crippen LogP contribution in [0, 0.1) is 0 Å². The van der Waals surface area contributed by atoms with Crippen LogP contribution in [-0.2, 0) is 5.60 Å². The van der Waals surface area contributed by atoms with E-state index in [2.05, 4.69) is 25.3 Å². The smallest absolute Gasteiger partial charge is 0.159 e. The molecule has 2 N–H and O–H groups in total. The van der Waals surface area contributed by atoms with Crippen molar-refractivity contribution < 1.29 is 5.11 Å². The maximum Gasteiger partial charge on any atom is 0.159 e. The molecule has 0 aliphatic carbocycles. The molecule has 0 spiro atoms. The molecule has 3 heterocycles. The van der Waals surface area contributed by atoms with Crippen molar-refractivity contribution in [3.05, 3.63) is 77.7 Å². The molecule has 152 valence electrons. The number of aliphatic hydroxyl groups is 1. The van der Waals surface area contributed by atoms with Gasteiger partial charge >= 0.3 is 0 Å². The molecule has 30 heavy (non-hydrogen) atoms. The summed E-state index contributed by atoms with van der Waals surface area (Å²) in [7, 11) is 0. The van der Waals surface area contributed by atoms with Gasteiger partial charge in [-0.25, -0.2) is 9.97 Å². The standard InChI is InChI=1S/C23H22ClN5O/c1-14(19-6-4-5-9-25-19)29-21-17-10-15(7-8-20(17)26-13-18(21)24)16-11-27-22(28-12-16)23(2,3)30/h4-14,30H,1-3H3,(H,26,29). The number of rotatable bonds is 5. The summed E-state index contributed by atoms with van der Waals surface area (Å²) in [5, 5.41) is 15.0. The second kappa shape index (κ2) is 7.97. The molecule has 1 atom stereocenters. The van der Waals surface area contributed by atoms with Crippen LogP contribution in [0.15, 0.2) is 61.2 Å². The Morgan fingerprint density at radius 2 is 1.73 bits per heavy atom. The number of hydrogen-bond acceptors (Lipinski definition) is 6. The molecule has 0 saturated carbocycles.